The minimum atomic E-state index is -2.06. The van der Waals surface area contributed by atoms with Gasteiger partial charge >= 0.3 is 203 Å². The predicted molar refractivity (Wildman–Crippen MR) is 135 cm³/mol. The topological polar surface area (TPSA) is 6.48 Å². The minimum absolute atomic E-state index is 0.209. The van der Waals surface area contributed by atoms with Crippen molar-refractivity contribution in [3.05, 3.63) is 57.6 Å². The summed E-state index contributed by atoms with van der Waals surface area (Å²) in [7, 11) is 0. The predicted octanol–water partition coefficient (Wildman–Crippen LogP) is 4.84. The van der Waals surface area contributed by atoms with Crippen molar-refractivity contribution in [2.24, 2.45) is 0 Å². The molecule has 2 aromatic carbocycles. The van der Waals surface area contributed by atoms with Crippen LogP contribution in [0.2, 0.25) is 0 Å². The van der Waals surface area contributed by atoms with Gasteiger partial charge in [-0.2, -0.15) is 0 Å². The number of aryl methyl sites for hydroxylation is 6. The molecular weight excluding hydrogens is 584 g/mol. The van der Waals surface area contributed by atoms with Gasteiger partial charge in [0.2, 0.25) is 0 Å². The van der Waals surface area contributed by atoms with Crippen LogP contribution in [0.1, 0.15) is 74.9 Å². The number of benzene rings is 2. The normalized spacial score (nSPS) is 17.5. The Labute approximate surface area is 201 Å². The van der Waals surface area contributed by atoms with Crippen molar-refractivity contribution < 1.29 is 0 Å². The first-order valence-corrected chi connectivity index (χ1v) is 18.1. The van der Waals surface area contributed by atoms with E-state index in [1.807, 2.05) is 0 Å². The molecule has 1 aliphatic heterocycles. The molecule has 0 unspecified atom stereocenters. The quantitative estimate of drug-likeness (QED) is 0.442. The van der Waals surface area contributed by atoms with Crippen LogP contribution >= 0.6 is 0 Å². The average Bonchev–Trinajstić information content (AvgIpc) is 2.47. The van der Waals surface area contributed by atoms with Gasteiger partial charge in [0.15, 0.2) is 0 Å². The molecule has 3 rings (SSSR count). The van der Waals surface area contributed by atoms with E-state index >= 15 is 0 Å². The standard InChI is InChI=1S/2C9H11.2C4H9N.2Sb/c2*1-7-4-8(2)6-9(3)5-7;2*1-4(2,3)5;;/h2*4-5H,1-3H3;2*1-3H3;;. The van der Waals surface area contributed by atoms with Crippen molar-refractivity contribution in [2.75, 3.05) is 0 Å². The van der Waals surface area contributed by atoms with Crippen LogP contribution in [0.5, 0.6) is 0 Å². The Kier molecular flexibility index (Phi) is 6.90. The summed E-state index contributed by atoms with van der Waals surface area (Å²) in [4.78, 5) is 0. The third kappa shape index (κ3) is 4.41. The van der Waals surface area contributed by atoms with E-state index in [2.05, 4.69) is 110 Å². The third-order valence-electron chi connectivity index (χ3n) is 5.59. The van der Waals surface area contributed by atoms with E-state index in [1.54, 1.807) is 7.02 Å². The van der Waals surface area contributed by atoms with Crippen molar-refractivity contribution in [3.63, 3.8) is 0 Å². The molecule has 0 aromatic heterocycles. The summed E-state index contributed by atoms with van der Waals surface area (Å²) in [6, 6.07) is 9.65. The van der Waals surface area contributed by atoms with Crippen LogP contribution in [0, 0.1) is 41.5 Å². The molecule has 0 saturated carbocycles. The second-order valence-electron chi connectivity index (χ2n) is 11.0. The summed E-state index contributed by atoms with van der Waals surface area (Å²) in [5.41, 5.74) is 9.24. The third-order valence-corrected chi connectivity index (χ3v) is 35.8. The summed E-state index contributed by atoms with van der Waals surface area (Å²) in [5.74, 6) is 0. The Morgan fingerprint density at radius 2 is 0.733 bits per heavy atom. The summed E-state index contributed by atoms with van der Waals surface area (Å²) in [6.45, 7) is 28.6. The van der Waals surface area contributed by atoms with Crippen molar-refractivity contribution in [1.29, 1.82) is 0 Å². The molecule has 1 saturated heterocycles. The Bertz CT molecular complexity index is 832. The van der Waals surface area contributed by atoms with E-state index in [0.717, 1.165) is 0 Å². The van der Waals surface area contributed by atoms with E-state index in [1.165, 1.54) is 33.4 Å². The summed E-state index contributed by atoms with van der Waals surface area (Å²) in [6.07, 6.45) is 0. The number of nitrogens with zero attached hydrogens (tertiary/aromatic N) is 2. The molecule has 164 valence electrons. The zero-order valence-corrected chi connectivity index (χ0v) is 26.2. The fourth-order valence-electron chi connectivity index (χ4n) is 4.78. The van der Waals surface area contributed by atoms with Crippen LogP contribution in [-0.2, 0) is 0 Å². The first-order chi connectivity index (χ1) is 13.6. The van der Waals surface area contributed by atoms with Gasteiger partial charge in [-0.3, -0.25) is 0 Å². The fourth-order valence-corrected chi connectivity index (χ4v) is 35.6. The molecular formula is C26H40N2Sb2. The van der Waals surface area contributed by atoms with E-state index in [-0.39, 0.29) is 11.1 Å². The summed E-state index contributed by atoms with van der Waals surface area (Å²) in [5, 5.41) is 0. The second kappa shape index (κ2) is 8.41. The van der Waals surface area contributed by atoms with Crippen molar-refractivity contribution in [2.45, 2.75) is 94.2 Å². The number of hydrogen-bond acceptors (Lipinski definition) is 2. The molecule has 0 bridgehead atoms. The summed E-state index contributed by atoms with van der Waals surface area (Å²) >= 11 is -4.11. The second-order valence-corrected chi connectivity index (χ2v) is 27.0. The first kappa shape index (κ1) is 24.6. The fraction of sp³-hybridized carbons (Fsp3) is 0.538. The number of hydrogen-bond donors (Lipinski definition) is 0. The van der Waals surface area contributed by atoms with Gasteiger partial charge in [0, 0.05) is 0 Å². The molecule has 1 fully saturated rings. The van der Waals surface area contributed by atoms with E-state index in [0.29, 0.717) is 0 Å². The Morgan fingerprint density at radius 1 is 0.500 bits per heavy atom. The van der Waals surface area contributed by atoms with Gasteiger partial charge in [0.1, 0.15) is 0 Å². The molecule has 0 N–H and O–H groups in total. The maximum atomic E-state index is 3.11. The van der Waals surface area contributed by atoms with E-state index in [9.17, 15) is 0 Å². The molecule has 2 nitrogen and oxygen atoms in total. The molecule has 0 atom stereocenters. The maximum absolute atomic E-state index is 3.11. The molecule has 1 heterocycles. The monoisotopic (exact) mass is 622 g/mol. The van der Waals surface area contributed by atoms with Crippen LogP contribution in [0.4, 0.5) is 0 Å². The van der Waals surface area contributed by atoms with Crippen LogP contribution in [0.3, 0.4) is 0 Å². The molecule has 2 aromatic rings. The number of rotatable bonds is 2. The van der Waals surface area contributed by atoms with Crippen molar-refractivity contribution in [3.8, 4) is 0 Å². The molecule has 0 radical (unpaired) electrons. The zero-order chi connectivity index (χ0) is 22.8. The SMILES string of the molecule is Cc1cc(C)[c]([Sb]2[N](C(C)(C)C)[Sb]([c]3c(C)cc(C)cc3C)[N]2C(C)(C)C)c(C)c1. The first-order valence-electron chi connectivity index (χ1n) is 11.0. The van der Waals surface area contributed by atoms with Gasteiger partial charge in [0.25, 0.3) is 0 Å². The van der Waals surface area contributed by atoms with Crippen molar-refractivity contribution in [1.82, 2.24) is 2.44 Å². The summed E-state index contributed by atoms with van der Waals surface area (Å²) < 4.78 is 9.63. The molecule has 0 aliphatic carbocycles. The van der Waals surface area contributed by atoms with Gasteiger partial charge in [-0.15, -0.1) is 0 Å². The zero-order valence-electron chi connectivity index (χ0n) is 21.1. The van der Waals surface area contributed by atoms with Crippen LogP contribution in [0.25, 0.3) is 0 Å². The Hall–Kier alpha value is -0.00364. The molecule has 0 spiro atoms. The molecule has 30 heavy (non-hydrogen) atoms. The van der Waals surface area contributed by atoms with Gasteiger partial charge in [-0.1, -0.05) is 0 Å². The van der Waals surface area contributed by atoms with E-state index < -0.39 is 41.5 Å². The van der Waals surface area contributed by atoms with Crippen LogP contribution in [0.15, 0.2) is 24.3 Å². The van der Waals surface area contributed by atoms with Crippen LogP contribution < -0.4 is 7.02 Å². The Morgan fingerprint density at radius 3 is 0.933 bits per heavy atom. The van der Waals surface area contributed by atoms with E-state index in [4.69, 9.17) is 0 Å². The molecule has 0 amide bonds. The van der Waals surface area contributed by atoms with Gasteiger partial charge in [-0.25, -0.2) is 0 Å². The molecule has 1 aliphatic rings. The molecule has 4 heteroatoms. The van der Waals surface area contributed by atoms with Gasteiger partial charge in [0.05, 0.1) is 0 Å². The Balaban J connectivity index is 2.27. The van der Waals surface area contributed by atoms with Crippen LogP contribution in [-0.4, -0.2) is 55.0 Å². The van der Waals surface area contributed by atoms with Gasteiger partial charge in [-0.05, 0) is 0 Å². The average molecular weight is 624 g/mol. The van der Waals surface area contributed by atoms with Gasteiger partial charge < -0.3 is 0 Å². The van der Waals surface area contributed by atoms with Crippen molar-refractivity contribution >= 4 is 48.5 Å².